The number of carbonyl (C=O) groups is 3. The van der Waals surface area contributed by atoms with Crippen LogP contribution in [0.3, 0.4) is 0 Å². The van der Waals surface area contributed by atoms with Crippen molar-refractivity contribution in [3.8, 4) is 0 Å². The van der Waals surface area contributed by atoms with Gasteiger partial charge in [0.1, 0.15) is 13.2 Å². The number of rotatable bonds is 51. The number of esters is 3. The highest BCUT2D eigenvalue weighted by Gasteiger charge is 2.19. The highest BCUT2D eigenvalue weighted by Crippen LogP contribution is 2.14. The van der Waals surface area contributed by atoms with Crippen molar-refractivity contribution in [3.63, 3.8) is 0 Å². The van der Waals surface area contributed by atoms with Gasteiger partial charge >= 0.3 is 17.9 Å². The summed E-state index contributed by atoms with van der Waals surface area (Å²) in [6.07, 6.45) is 80.4. The van der Waals surface area contributed by atoms with Crippen molar-refractivity contribution in [2.45, 2.75) is 258 Å². The van der Waals surface area contributed by atoms with E-state index in [0.29, 0.717) is 19.3 Å². The zero-order chi connectivity index (χ0) is 51.4. The molecule has 0 amide bonds. The molecular weight excluding hydrogens is 877 g/mol. The predicted molar refractivity (Wildman–Crippen MR) is 306 cm³/mol. The van der Waals surface area contributed by atoms with E-state index in [0.717, 1.165) is 135 Å². The van der Waals surface area contributed by atoms with Gasteiger partial charge in [0, 0.05) is 19.3 Å². The van der Waals surface area contributed by atoms with E-state index in [4.69, 9.17) is 14.2 Å². The van der Waals surface area contributed by atoms with Crippen molar-refractivity contribution in [2.75, 3.05) is 13.2 Å². The minimum absolute atomic E-state index is 0.106. The van der Waals surface area contributed by atoms with Crippen LogP contribution < -0.4 is 0 Å². The Labute approximate surface area is 437 Å². The van der Waals surface area contributed by atoms with E-state index < -0.39 is 6.10 Å². The van der Waals surface area contributed by atoms with E-state index in [-0.39, 0.29) is 31.1 Å². The summed E-state index contributed by atoms with van der Waals surface area (Å²) in [5, 5.41) is 0. The molecule has 71 heavy (non-hydrogen) atoms. The Morgan fingerprint density at radius 2 is 0.549 bits per heavy atom. The number of hydrogen-bond donors (Lipinski definition) is 0. The standard InChI is InChI=1S/C65H106O6/c1-4-7-10-13-16-19-22-25-28-30-31-32-33-35-37-40-43-46-49-52-55-58-64(67)70-61-62(60-69-63(66)57-54-51-48-45-42-39-36-27-24-21-18-15-12-9-6-3)71-65(68)59-56-53-50-47-44-41-38-34-29-26-23-20-17-14-11-8-5-2/h7,9-10,12,16,18-19,21,25-29,31-32,35-37,42,45,62H,4-6,8,11,13-15,17,20,22-24,30,33-34,38-41,43-44,46-61H2,1-3H3/b10-7-,12-9-,19-16-,21-18-,28-25-,29-26-,32-31-,36-27-,37-35-,45-42-. The summed E-state index contributed by atoms with van der Waals surface area (Å²) in [5.74, 6) is -0.971. The molecule has 0 saturated carbocycles. The Morgan fingerprint density at radius 1 is 0.296 bits per heavy atom. The number of allylic oxidation sites excluding steroid dienone is 20. The Kier molecular flexibility index (Phi) is 54.9. The third kappa shape index (κ3) is 56.6. The van der Waals surface area contributed by atoms with Crippen molar-refractivity contribution in [1.29, 1.82) is 0 Å². The second-order valence-electron chi connectivity index (χ2n) is 18.8. The first-order valence-electron chi connectivity index (χ1n) is 29.0. The molecule has 0 aliphatic rings. The van der Waals surface area contributed by atoms with Crippen molar-refractivity contribution in [2.24, 2.45) is 0 Å². The molecule has 0 bridgehead atoms. The SMILES string of the molecule is CC/C=C\C/C=C\C/C=C\C/C=C\C/C=C\CCCCCCCC(=O)OCC(COC(=O)CCCC/C=C\C/C=C\C/C=C\C/C=C\CC)OC(=O)CCCCCCCCC/C=C\CCCCCCCC. The summed E-state index contributed by atoms with van der Waals surface area (Å²) < 4.78 is 16.8. The van der Waals surface area contributed by atoms with Gasteiger partial charge in [-0.3, -0.25) is 14.4 Å². The predicted octanol–water partition coefficient (Wildman–Crippen LogP) is 19.6. The molecule has 0 aromatic carbocycles. The van der Waals surface area contributed by atoms with Crippen molar-refractivity contribution in [1.82, 2.24) is 0 Å². The number of carbonyl (C=O) groups excluding carboxylic acids is 3. The van der Waals surface area contributed by atoms with Crippen LogP contribution in [0.15, 0.2) is 122 Å². The molecule has 6 nitrogen and oxygen atoms in total. The van der Waals surface area contributed by atoms with E-state index in [9.17, 15) is 14.4 Å². The summed E-state index contributed by atoms with van der Waals surface area (Å²) >= 11 is 0. The van der Waals surface area contributed by atoms with E-state index in [1.807, 2.05) is 0 Å². The second kappa shape index (κ2) is 58.4. The maximum atomic E-state index is 12.9. The molecule has 1 unspecified atom stereocenters. The third-order valence-electron chi connectivity index (χ3n) is 11.9. The van der Waals surface area contributed by atoms with Crippen LogP contribution in [0.25, 0.3) is 0 Å². The lowest BCUT2D eigenvalue weighted by atomic mass is 10.1. The van der Waals surface area contributed by atoms with Crippen LogP contribution in [0.1, 0.15) is 252 Å². The lowest BCUT2D eigenvalue weighted by Gasteiger charge is -2.18. The number of unbranched alkanes of at least 4 members (excludes halogenated alkanes) is 20. The molecule has 0 fully saturated rings. The van der Waals surface area contributed by atoms with Gasteiger partial charge in [-0.25, -0.2) is 0 Å². The molecule has 0 aliphatic heterocycles. The average molecular weight is 984 g/mol. The maximum absolute atomic E-state index is 12.9. The normalized spacial score (nSPS) is 13.0. The third-order valence-corrected chi connectivity index (χ3v) is 11.9. The first kappa shape index (κ1) is 66.8. The second-order valence-corrected chi connectivity index (χ2v) is 18.8. The van der Waals surface area contributed by atoms with Crippen LogP contribution >= 0.6 is 0 Å². The molecule has 0 N–H and O–H groups in total. The lowest BCUT2D eigenvalue weighted by molar-refractivity contribution is -0.167. The van der Waals surface area contributed by atoms with Gasteiger partial charge in [0.25, 0.3) is 0 Å². The van der Waals surface area contributed by atoms with E-state index in [2.05, 4.69) is 142 Å². The van der Waals surface area contributed by atoms with Crippen LogP contribution in [0.2, 0.25) is 0 Å². The lowest BCUT2D eigenvalue weighted by Crippen LogP contribution is -2.30. The first-order chi connectivity index (χ1) is 35.0. The van der Waals surface area contributed by atoms with Gasteiger partial charge < -0.3 is 14.2 Å². The summed E-state index contributed by atoms with van der Waals surface area (Å²) in [6.45, 7) is 6.35. The molecule has 0 rings (SSSR count). The highest BCUT2D eigenvalue weighted by atomic mass is 16.6. The minimum Gasteiger partial charge on any atom is -0.462 e. The number of hydrogen-bond acceptors (Lipinski definition) is 6. The van der Waals surface area contributed by atoms with Crippen LogP contribution in [0.4, 0.5) is 0 Å². The molecule has 0 aliphatic carbocycles. The fourth-order valence-electron chi connectivity index (χ4n) is 7.63. The van der Waals surface area contributed by atoms with Gasteiger partial charge in [-0.05, 0) is 128 Å². The molecule has 1 atom stereocenters. The van der Waals surface area contributed by atoms with Crippen molar-refractivity contribution >= 4 is 17.9 Å². The van der Waals surface area contributed by atoms with Gasteiger partial charge in [0.15, 0.2) is 6.10 Å². The van der Waals surface area contributed by atoms with Crippen LogP contribution in [-0.2, 0) is 28.6 Å². The van der Waals surface area contributed by atoms with Crippen molar-refractivity contribution < 1.29 is 28.6 Å². The van der Waals surface area contributed by atoms with Gasteiger partial charge in [0.2, 0.25) is 0 Å². The Bertz CT molecular complexity index is 1500. The van der Waals surface area contributed by atoms with Gasteiger partial charge in [0.05, 0.1) is 0 Å². The maximum Gasteiger partial charge on any atom is 0.306 e. The fourth-order valence-corrected chi connectivity index (χ4v) is 7.63. The summed E-state index contributed by atoms with van der Waals surface area (Å²) in [4.78, 5) is 38.2. The zero-order valence-corrected chi connectivity index (χ0v) is 45.9. The molecule has 0 saturated heterocycles. The highest BCUT2D eigenvalue weighted by molar-refractivity contribution is 5.71. The topological polar surface area (TPSA) is 78.9 Å². The van der Waals surface area contributed by atoms with E-state index >= 15 is 0 Å². The molecule has 0 heterocycles. The monoisotopic (exact) mass is 983 g/mol. The Balaban J connectivity index is 4.49. The zero-order valence-electron chi connectivity index (χ0n) is 45.9. The van der Waals surface area contributed by atoms with E-state index in [1.165, 1.54) is 77.0 Å². The molecular formula is C65H106O6. The van der Waals surface area contributed by atoms with Gasteiger partial charge in [-0.1, -0.05) is 226 Å². The molecule has 0 radical (unpaired) electrons. The Hall–Kier alpha value is -4.19. The quantitative estimate of drug-likeness (QED) is 0.0261. The molecule has 402 valence electrons. The van der Waals surface area contributed by atoms with E-state index in [1.54, 1.807) is 0 Å². The van der Waals surface area contributed by atoms with Gasteiger partial charge in [-0.15, -0.1) is 0 Å². The summed E-state index contributed by atoms with van der Waals surface area (Å²) in [5.41, 5.74) is 0. The number of ether oxygens (including phenoxy) is 3. The largest absolute Gasteiger partial charge is 0.462 e. The minimum atomic E-state index is -0.810. The first-order valence-corrected chi connectivity index (χ1v) is 29.0. The van der Waals surface area contributed by atoms with Gasteiger partial charge in [-0.2, -0.15) is 0 Å². The van der Waals surface area contributed by atoms with Crippen LogP contribution in [0.5, 0.6) is 0 Å². The fraction of sp³-hybridized carbons (Fsp3) is 0.646. The van der Waals surface area contributed by atoms with Crippen LogP contribution in [-0.4, -0.2) is 37.2 Å². The Morgan fingerprint density at radius 3 is 0.901 bits per heavy atom. The molecule has 6 heteroatoms. The van der Waals surface area contributed by atoms with Crippen molar-refractivity contribution in [3.05, 3.63) is 122 Å². The summed E-state index contributed by atoms with van der Waals surface area (Å²) in [6, 6.07) is 0. The average Bonchev–Trinajstić information content (AvgIpc) is 3.37. The molecule has 0 spiro atoms. The molecule has 0 aromatic heterocycles. The van der Waals surface area contributed by atoms with Crippen LogP contribution in [0, 0.1) is 0 Å². The smallest absolute Gasteiger partial charge is 0.306 e. The molecule has 0 aromatic rings. The summed E-state index contributed by atoms with van der Waals surface area (Å²) in [7, 11) is 0.